The summed E-state index contributed by atoms with van der Waals surface area (Å²) >= 11 is 1.65. The van der Waals surface area contributed by atoms with Gasteiger partial charge < -0.3 is 11.1 Å². The Kier molecular flexibility index (Phi) is 3.79. The Bertz CT molecular complexity index is 573. The number of allylic oxidation sites excluding steroid dienone is 1. The van der Waals surface area contributed by atoms with Crippen molar-refractivity contribution in [3.8, 4) is 10.4 Å². The van der Waals surface area contributed by atoms with Gasteiger partial charge in [-0.25, -0.2) is 0 Å². The Morgan fingerprint density at radius 2 is 2.22 bits per heavy atom. The van der Waals surface area contributed by atoms with Crippen LogP contribution in [-0.2, 0) is 4.79 Å². The Hall–Kier alpha value is -2.07. The zero-order chi connectivity index (χ0) is 13.0. The molecule has 3 nitrogen and oxygen atoms in total. The minimum absolute atomic E-state index is 0.174. The lowest BCUT2D eigenvalue weighted by atomic mass is 10.1. The maximum atomic E-state index is 11.5. The van der Waals surface area contributed by atoms with Crippen LogP contribution in [0.4, 0.5) is 11.4 Å². The molecule has 1 aromatic heterocycles. The van der Waals surface area contributed by atoms with E-state index in [-0.39, 0.29) is 5.91 Å². The molecule has 0 atom stereocenters. The largest absolute Gasteiger partial charge is 0.397 e. The van der Waals surface area contributed by atoms with Gasteiger partial charge >= 0.3 is 0 Å². The van der Waals surface area contributed by atoms with Crippen LogP contribution in [-0.4, -0.2) is 5.91 Å². The monoisotopic (exact) mass is 258 g/mol. The first-order chi connectivity index (χ1) is 8.70. The fourth-order valence-corrected chi connectivity index (χ4v) is 2.31. The molecule has 4 heteroatoms. The quantitative estimate of drug-likeness (QED) is 0.654. The van der Waals surface area contributed by atoms with Gasteiger partial charge in [0.25, 0.3) is 0 Å². The lowest BCUT2D eigenvalue weighted by Crippen LogP contribution is -2.09. The number of rotatable bonds is 3. The van der Waals surface area contributed by atoms with Crippen molar-refractivity contribution < 1.29 is 4.79 Å². The molecule has 0 unspecified atom stereocenters. The predicted molar refractivity (Wildman–Crippen MR) is 77.6 cm³/mol. The van der Waals surface area contributed by atoms with Crippen LogP contribution in [0.2, 0.25) is 0 Å². The summed E-state index contributed by atoms with van der Waals surface area (Å²) in [5.41, 5.74) is 8.11. The van der Waals surface area contributed by atoms with E-state index in [0.717, 1.165) is 10.4 Å². The van der Waals surface area contributed by atoms with Crippen LogP contribution in [0.25, 0.3) is 10.4 Å². The molecule has 0 saturated carbocycles. The number of anilines is 2. The number of amides is 1. The van der Waals surface area contributed by atoms with E-state index in [2.05, 4.69) is 5.32 Å². The van der Waals surface area contributed by atoms with Crippen molar-refractivity contribution in [2.24, 2.45) is 0 Å². The van der Waals surface area contributed by atoms with E-state index in [4.69, 9.17) is 5.73 Å². The van der Waals surface area contributed by atoms with Gasteiger partial charge in [-0.2, -0.15) is 0 Å². The second kappa shape index (κ2) is 5.51. The molecule has 0 aliphatic heterocycles. The standard InChI is InChI=1S/C14H14N2OS/c1-2-4-14(17)16-12-9-10(6-7-11(12)15)13-5-3-8-18-13/h2-9H,15H2,1H3,(H,16,17)/b4-2+. The topological polar surface area (TPSA) is 55.1 Å². The van der Waals surface area contributed by atoms with E-state index < -0.39 is 0 Å². The van der Waals surface area contributed by atoms with Gasteiger partial charge in [-0.05, 0) is 42.1 Å². The van der Waals surface area contributed by atoms with E-state index in [0.29, 0.717) is 11.4 Å². The average molecular weight is 258 g/mol. The molecule has 0 fully saturated rings. The maximum absolute atomic E-state index is 11.5. The Labute approximate surface area is 110 Å². The van der Waals surface area contributed by atoms with E-state index in [9.17, 15) is 4.79 Å². The zero-order valence-electron chi connectivity index (χ0n) is 10.0. The first-order valence-corrected chi connectivity index (χ1v) is 6.46. The molecule has 0 aliphatic rings. The van der Waals surface area contributed by atoms with Gasteiger partial charge in [0.05, 0.1) is 11.4 Å². The SMILES string of the molecule is C/C=C/C(=O)Nc1cc(-c2cccs2)ccc1N. The van der Waals surface area contributed by atoms with Crippen LogP contribution < -0.4 is 11.1 Å². The number of nitrogens with two attached hydrogens (primary N) is 1. The van der Waals surface area contributed by atoms with Gasteiger partial charge in [-0.1, -0.05) is 18.2 Å². The van der Waals surface area contributed by atoms with E-state index in [1.807, 2.05) is 29.6 Å². The first-order valence-electron chi connectivity index (χ1n) is 5.58. The molecule has 92 valence electrons. The van der Waals surface area contributed by atoms with Crippen molar-refractivity contribution in [1.82, 2.24) is 0 Å². The third-order valence-corrected chi connectivity index (χ3v) is 3.35. The summed E-state index contributed by atoms with van der Waals surface area (Å²) < 4.78 is 0. The molecule has 2 aromatic rings. The number of thiophene rings is 1. The highest BCUT2D eigenvalue weighted by Gasteiger charge is 2.05. The smallest absolute Gasteiger partial charge is 0.248 e. The fraction of sp³-hybridized carbons (Fsp3) is 0.0714. The minimum atomic E-state index is -0.174. The molecule has 3 N–H and O–H groups in total. The predicted octanol–water partition coefficient (Wildman–Crippen LogP) is 3.51. The van der Waals surface area contributed by atoms with Crippen LogP contribution >= 0.6 is 11.3 Å². The van der Waals surface area contributed by atoms with Crippen LogP contribution in [0.15, 0.2) is 47.9 Å². The molecule has 0 bridgehead atoms. The molecule has 2 rings (SSSR count). The van der Waals surface area contributed by atoms with E-state index >= 15 is 0 Å². The van der Waals surface area contributed by atoms with Crippen molar-refractivity contribution in [3.05, 3.63) is 47.9 Å². The van der Waals surface area contributed by atoms with Gasteiger partial charge in [-0.3, -0.25) is 4.79 Å². The summed E-state index contributed by atoms with van der Waals surface area (Å²) in [6.07, 6.45) is 3.16. The van der Waals surface area contributed by atoms with Gasteiger partial charge in [0.2, 0.25) is 5.91 Å². The number of nitrogens with one attached hydrogen (secondary N) is 1. The number of carbonyl (C=O) groups is 1. The second-order valence-corrected chi connectivity index (χ2v) is 4.72. The third-order valence-electron chi connectivity index (χ3n) is 2.43. The summed E-state index contributed by atoms with van der Waals surface area (Å²) in [5, 5.41) is 4.78. The number of carbonyl (C=O) groups excluding carboxylic acids is 1. The summed E-state index contributed by atoms with van der Waals surface area (Å²) in [7, 11) is 0. The zero-order valence-corrected chi connectivity index (χ0v) is 10.8. The highest BCUT2D eigenvalue weighted by atomic mass is 32.1. The van der Waals surface area contributed by atoms with Gasteiger partial charge in [0, 0.05) is 4.88 Å². The average Bonchev–Trinajstić information content (AvgIpc) is 2.86. The van der Waals surface area contributed by atoms with Crippen molar-refractivity contribution in [2.75, 3.05) is 11.1 Å². The fourth-order valence-electron chi connectivity index (χ4n) is 1.59. The molecular formula is C14H14N2OS. The Balaban J connectivity index is 2.30. The molecule has 0 saturated heterocycles. The molecule has 1 amide bonds. The van der Waals surface area contributed by atoms with Crippen LogP contribution in [0.3, 0.4) is 0 Å². The van der Waals surface area contributed by atoms with Crippen LogP contribution in [0.5, 0.6) is 0 Å². The first kappa shape index (κ1) is 12.4. The Morgan fingerprint density at radius 1 is 1.39 bits per heavy atom. The lowest BCUT2D eigenvalue weighted by Gasteiger charge is -2.08. The summed E-state index contributed by atoms with van der Waals surface area (Å²) in [5.74, 6) is -0.174. The number of benzene rings is 1. The van der Waals surface area contributed by atoms with Gasteiger partial charge in [-0.15, -0.1) is 11.3 Å². The Morgan fingerprint density at radius 3 is 2.89 bits per heavy atom. The van der Waals surface area contributed by atoms with Crippen molar-refractivity contribution in [3.63, 3.8) is 0 Å². The highest BCUT2D eigenvalue weighted by Crippen LogP contribution is 2.30. The molecule has 0 radical (unpaired) electrons. The number of nitrogen functional groups attached to an aromatic ring is 1. The minimum Gasteiger partial charge on any atom is -0.397 e. The van der Waals surface area contributed by atoms with Gasteiger partial charge in [0.15, 0.2) is 0 Å². The van der Waals surface area contributed by atoms with E-state index in [1.54, 1.807) is 30.4 Å². The molecule has 0 aliphatic carbocycles. The number of hydrogen-bond donors (Lipinski definition) is 2. The second-order valence-electron chi connectivity index (χ2n) is 3.77. The highest BCUT2D eigenvalue weighted by molar-refractivity contribution is 7.13. The molecule has 1 aromatic carbocycles. The maximum Gasteiger partial charge on any atom is 0.248 e. The van der Waals surface area contributed by atoms with Crippen molar-refractivity contribution >= 4 is 28.6 Å². The third kappa shape index (κ3) is 2.78. The van der Waals surface area contributed by atoms with Crippen LogP contribution in [0.1, 0.15) is 6.92 Å². The van der Waals surface area contributed by atoms with Gasteiger partial charge in [0.1, 0.15) is 0 Å². The van der Waals surface area contributed by atoms with Crippen LogP contribution in [0, 0.1) is 0 Å². The molecular weight excluding hydrogens is 244 g/mol. The lowest BCUT2D eigenvalue weighted by molar-refractivity contribution is -0.111. The van der Waals surface area contributed by atoms with E-state index in [1.165, 1.54) is 6.08 Å². The number of hydrogen-bond acceptors (Lipinski definition) is 3. The molecule has 0 spiro atoms. The summed E-state index contributed by atoms with van der Waals surface area (Å²) in [6.45, 7) is 1.80. The molecule has 1 heterocycles. The van der Waals surface area contributed by atoms with Crippen molar-refractivity contribution in [2.45, 2.75) is 6.92 Å². The normalized spacial score (nSPS) is 10.7. The summed E-state index contributed by atoms with van der Waals surface area (Å²) in [4.78, 5) is 12.7. The molecule has 18 heavy (non-hydrogen) atoms. The summed E-state index contributed by atoms with van der Waals surface area (Å²) in [6, 6.07) is 9.68. The van der Waals surface area contributed by atoms with Crippen molar-refractivity contribution in [1.29, 1.82) is 0 Å².